The monoisotopic (exact) mass is 314 g/mol. The molecule has 116 valence electrons. The summed E-state index contributed by atoms with van der Waals surface area (Å²) in [6.45, 7) is 0.882. The summed E-state index contributed by atoms with van der Waals surface area (Å²) < 4.78 is 33.9. The quantitative estimate of drug-likeness (QED) is 0.815. The van der Waals surface area contributed by atoms with Crippen LogP contribution in [0.3, 0.4) is 0 Å². The van der Waals surface area contributed by atoms with Crippen molar-refractivity contribution < 1.29 is 23.1 Å². The first-order valence-electron chi connectivity index (χ1n) is 7.04. The standard InChI is InChI=1S/C13H18N2O5S/c16-13(17)12-6-11(8-15(12)9-3-4-9)21(18,19)14-7-10-2-1-5-20-10/h6,8-10,14H,1-5,7H2,(H,16,17). The average Bonchev–Trinajstić information content (AvgIpc) is 2.97. The molecule has 0 radical (unpaired) electrons. The topological polar surface area (TPSA) is 97.6 Å². The highest BCUT2D eigenvalue weighted by atomic mass is 32.2. The van der Waals surface area contributed by atoms with Gasteiger partial charge in [-0.05, 0) is 31.7 Å². The summed E-state index contributed by atoms with van der Waals surface area (Å²) in [7, 11) is -3.70. The zero-order valence-corrected chi connectivity index (χ0v) is 12.3. The minimum atomic E-state index is -3.70. The smallest absolute Gasteiger partial charge is 0.352 e. The van der Waals surface area contributed by atoms with E-state index in [1.165, 1.54) is 12.3 Å². The van der Waals surface area contributed by atoms with Crippen molar-refractivity contribution >= 4 is 16.0 Å². The van der Waals surface area contributed by atoms with Gasteiger partial charge in [-0.3, -0.25) is 0 Å². The summed E-state index contributed by atoms with van der Waals surface area (Å²) in [5.74, 6) is -1.11. The fourth-order valence-electron chi connectivity index (χ4n) is 2.52. The van der Waals surface area contributed by atoms with E-state index in [0.29, 0.717) is 6.61 Å². The molecule has 2 aliphatic rings. The highest BCUT2D eigenvalue weighted by Crippen LogP contribution is 2.37. The SMILES string of the molecule is O=C(O)c1cc(S(=O)(=O)NCC2CCCO2)cn1C1CC1. The summed E-state index contributed by atoms with van der Waals surface area (Å²) in [4.78, 5) is 11.2. The zero-order valence-electron chi connectivity index (χ0n) is 11.5. The summed E-state index contributed by atoms with van der Waals surface area (Å²) >= 11 is 0. The van der Waals surface area contributed by atoms with Gasteiger partial charge in [-0.2, -0.15) is 0 Å². The Morgan fingerprint density at radius 3 is 2.76 bits per heavy atom. The second-order valence-electron chi connectivity index (χ2n) is 5.49. The van der Waals surface area contributed by atoms with Gasteiger partial charge in [0.1, 0.15) is 10.6 Å². The van der Waals surface area contributed by atoms with Crippen molar-refractivity contribution in [3.8, 4) is 0 Å². The van der Waals surface area contributed by atoms with Crippen molar-refractivity contribution in [2.45, 2.75) is 42.7 Å². The predicted molar refractivity (Wildman–Crippen MR) is 73.8 cm³/mol. The highest BCUT2D eigenvalue weighted by molar-refractivity contribution is 7.89. The number of hydrogen-bond acceptors (Lipinski definition) is 4. The van der Waals surface area contributed by atoms with Crippen molar-refractivity contribution in [2.75, 3.05) is 13.2 Å². The molecule has 0 bridgehead atoms. The molecule has 1 aromatic rings. The molecule has 0 amide bonds. The molecule has 1 aromatic heterocycles. The zero-order chi connectivity index (χ0) is 15.0. The van der Waals surface area contributed by atoms with Crippen LogP contribution in [0.25, 0.3) is 0 Å². The van der Waals surface area contributed by atoms with Crippen LogP contribution in [0.4, 0.5) is 0 Å². The number of nitrogens with one attached hydrogen (secondary N) is 1. The van der Waals surface area contributed by atoms with Crippen LogP contribution in [0.1, 0.15) is 42.2 Å². The van der Waals surface area contributed by atoms with E-state index in [0.717, 1.165) is 25.7 Å². The molecule has 8 heteroatoms. The van der Waals surface area contributed by atoms with Crippen LogP contribution in [0.2, 0.25) is 0 Å². The Morgan fingerprint density at radius 1 is 1.43 bits per heavy atom. The second kappa shape index (κ2) is 5.43. The maximum Gasteiger partial charge on any atom is 0.352 e. The van der Waals surface area contributed by atoms with Gasteiger partial charge < -0.3 is 14.4 Å². The molecule has 1 aliphatic carbocycles. The molecule has 21 heavy (non-hydrogen) atoms. The summed E-state index contributed by atoms with van der Waals surface area (Å²) in [5, 5.41) is 9.17. The summed E-state index contributed by atoms with van der Waals surface area (Å²) in [6, 6.07) is 1.33. The molecule has 0 spiro atoms. The Hall–Kier alpha value is -1.38. The van der Waals surface area contributed by atoms with Gasteiger partial charge >= 0.3 is 5.97 Å². The Morgan fingerprint density at radius 2 is 2.19 bits per heavy atom. The van der Waals surface area contributed by atoms with Crippen LogP contribution in [0, 0.1) is 0 Å². The number of sulfonamides is 1. The number of carbonyl (C=O) groups is 1. The summed E-state index contributed by atoms with van der Waals surface area (Å²) in [6.07, 6.45) is 4.87. The number of carboxylic acid groups (broad SMARTS) is 1. The minimum Gasteiger partial charge on any atom is -0.477 e. The molecule has 1 saturated carbocycles. The van der Waals surface area contributed by atoms with E-state index in [-0.39, 0.29) is 29.3 Å². The molecular weight excluding hydrogens is 296 g/mol. The normalized spacial score (nSPS) is 22.6. The van der Waals surface area contributed by atoms with Crippen LogP contribution < -0.4 is 4.72 Å². The van der Waals surface area contributed by atoms with Crippen molar-refractivity contribution in [1.82, 2.24) is 9.29 Å². The molecule has 0 aromatic carbocycles. The summed E-state index contributed by atoms with van der Waals surface area (Å²) in [5.41, 5.74) is 0.0231. The Labute approximate surface area is 123 Å². The Balaban J connectivity index is 1.77. The van der Waals surface area contributed by atoms with Crippen molar-refractivity contribution in [1.29, 1.82) is 0 Å². The largest absolute Gasteiger partial charge is 0.477 e. The van der Waals surface area contributed by atoms with E-state index >= 15 is 0 Å². The number of aromatic carboxylic acids is 1. The van der Waals surface area contributed by atoms with E-state index < -0.39 is 16.0 Å². The molecular formula is C13H18N2O5S. The molecule has 2 N–H and O–H groups in total. The third kappa shape index (κ3) is 3.12. The van der Waals surface area contributed by atoms with Gasteiger partial charge in [0.25, 0.3) is 0 Å². The highest BCUT2D eigenvalue weighted by Gasteiger charge is 2.30. The van der Waals surface area contributed by atoms with Crippen LogP contribution in [-0.4, -0.2) is 43.3 Å². The van der Waals surface area contributed by atoms with E-state index in [1.807, 2.05) is 0 Å². The lowest BCUT2D eigenvalue weighted by Crippen LogP contribution is -2.31. The van der Waals surface area contributed by atoms with Gasteiger partial charge in [0, 0.05) is 25.4 Å². The van der Waals surface area contributed by atoms with Crippen LogP contribution in [0.5, 0.6) is 0 Å². The maximum atomic E-state index is 12.2. The third-order valence-electron chi connectivity index (χ3n) is 3.82. The van der Waals surface area contributed by atoms with Gasteiger partial charge in [-0.15, -0.1) is 0 Å². The van der Waals surface area contributed by atoms with E-state index in [1.54, 1.807) is 4.57 Å². The van der Waals surface area contributed by atoms with E-state index in [9.17, 15) is 13.2 Å². The molecule has 2 heterocycles. The van der Waals surface area contributed by atoms with Gasteiger partial charge in [0.05, 0.1) is 6.10 Å². The molecule has 1 unspecified atom stereocenters. The van der Waals surface area contributed by atoms with E-state index in [4.69, 9.17) is 9.84 Å². The average molecular weight is 314 g/mol. The molecule has 1 atom stereocenters. The first kappa shape index (κ1) is 14.6. The molecule has 2 fully saturated rings. The lowest BCUT2D eigenvalue weighted by molar-refractivity contribution is 0.0685. The first-order valence-corrected chi connectivity index (χ1v) is 8.52. The van der Waals surface area contributed by atoms with Crippen molar-refractivity contribution in [3.63, 3.8) is 0 Å². The van der Waals surface area contributed by atoms with Crippen molar-refractivity contribution in [3.05, 3.63) is 18.0 Å². The fourth-order valence-corrected chi connectivity index (χ4v) is 3.61. The van der Waals surface area contributed by atoms with Crippen molar-refractivity contribution in [2.24, 2.45) is 0 Å². The minimum absolute atomic E-state index is 0.00444. The molecule has 1 aliphatic heterocycles. The van der Waals surface area contributed by atoms with Crippen LogP contribution in [-0.2, 0) is 14.8 Å². The first-order chi connectivity index (χ1) is 9.97. The number of hydrogen-bond donors (Lipinski definition) is 2. The second-order valence-corrected chi connectivity index (χ2v) is 7.26. The Bertz CT molecular complexity index is 642. The lowest BCUT2D eigenvalue weighted by atomic mass is 10.2. The van der Waals surface area contributed by atoms with Gasteiger partial charge in [-0.1, -0.05) is 0 Å². The number of nitrogens with zero attached hydrogens (tertiary/aromatic N) is 1. The lowest BCUT2D eigenvalue weighted by Gasteiger charge is -2.10. The number of rotatable bonds is 6. The fraction of sp³-hybridized carbons (Fsp3) is 0.615. The molecule has 1 saturated heterocycles. The number of ether oxygens (including phenoxy) is 1. The van der Waals surface area contributed by atoms with E-state index in [2.05, 4.69) is 4.72 Å². The van der Waals surface area contributed by atoms with Gasteiger partial charge in [-0.25, -0.2) is 17.9 Å². The molecule has 7 nitrogen and oxygen atoms in total. The predicted octanol–water partition coefficient (Wildman–Crippen LogP) is 0.978. The number of carboxylic acids is 1. The van der Waals surface area contributed by atoms with Gasteiger partial charge in [0.2, 0.25) is 10.0 Å². The molecule has 3 rings (SSSR count). The number of aromatic nitrogens is 1. The maximum absolute atomic E-state index is 12.2. The van der Waals surface area contributed by atoms with Crippen LogP contribution >= 0.6 is 0 Å². The Kier molecular flexibility index (Phi) is 3.76. The van der Waals surface area contributed by atoms with Gasteiger partial charge in [0.15, 0.2) is 0 Å². The van der Waals surface area contributed by atoms with Crippen LogP contribution in [0.15, 0.2) is 17.2 Å². The third-order valence-corrected chi connectivity index (χ3v) is 5.21.